The fourth-order valence-electron chi connectivity index (χ4n) is 5.69. The quantitative estimate of drug-likeness (QED) is 0.228. The van der Waals surface area contributed by atoms with Gasteiger partial charge in [-0.1, -0.05) is 30.3 Å². The highest BCUT2D eigenvalue weighted by Crippen LogP contribution is 2.50. The van der Waals surface area contributed by atoms with E-state index in [0.717, 1.165) is 10.9 Å². The predicted molar refractivity (Wildman–Crippen MR) is 147 cm³/mol. The van der Waals surface area contributed by atoms with Gasteiger partial charge in [0, 0.05) is 58.6 Å². The number of pyridine rings is 1. The van der Waals surface area contributed by atoms with Gasteiger partial charge in [0.05, 0.1) is 25.3 Å². The van der Waals surface area contributed by atoms with Crippen molar-refractivity contribution in [3.05, 3.63) is 89.4 Å². The molecule has 5 N–H and O–H groups in total. The topological polar surface area (TPSA) is 148 Å². The number of hydrogen-bond acceptors (Lipinski definition) is 6. The molecular weight excluding hydrogens is 548 g/mol. The number of nitrogens with one attached hydrogen (secondary N) is 3. The van der Waals surface area contributed by atoms with Crippen LogP contribution in [-0.2, 0) is 15.5 Å². The summed E-state index contributed by atoms with van der Waals surface area (Å²) in [4.78, 5) is 47.5. The Morgan fingerprint density at radius 1 is 1.10 bits per heavy atom. The molecule has 3 amide bonds. The second-order valence-corrected chi connectivity index (χ2v) is 10.4. The molecular formula is C30H27F2N5O5. The number of nitrogens with zero attached hydrogens (tertiary/aromatic N) is 2. The molecule has 0 unspecified atom stereocenters. The Bertz CT molecular complexity index is 1670. The number of carbonyl (C=O) groups is 3. The number of benzene rings is 2. The summed E-state index contributed by atoms with van der Waals surface area (Å²) >= 11 is 0. The van der Waals surface area contributed by atoms with Crippen molar-refractivity contribution in [1.29, 1.82) is 0 Å². The number of β-amino-alcohol motifs (C(OH)–C–C–N with tert-alkyl or cyclic N) is 1. The number of aromatic amines is 1. The Balaban J connectivity index is 1.12. The van der Waals surface area contributed by atoms with Gasteiger partial charge in [-0.3, -0.25) is 19.4 Å². The monoisotopic (exact) mass is 575 g/mol. The van der Waals surface area contributed by atoms with Crippen LogP contribution in [0.1, 0.15) is 39.6 Å². The van der Waals surface area contributed by atoms with Crippen molar-refractivity contribution in [2.75, 3.05) is 19.7 Å². The predicted octanol–water partition coefficient (Wildman–Crippen LogP) is 2.22. The SMILES string of the molecule is O=C(NCC(=O)N1C[C@H](O)C[C@H]1C(=O)N[C@@H](CO)c1cc2cnccc2[nH]1)c1ccc2c(c1)-c1ccccc1C2(F)F. The zero-order chi connectivity index (χ0) is 29.6. The van der Waals surface area contributed by atoms with E-state index in [-0.39, 0.29) is 35.2 Å². The molecule has 1 aliphatic carbocycles. The van der Waals surface area contributed by atoms with Crippen LogP contribution in [0.15, 0.2) is 67.0 Å². The lowest BCUT2D eigenvalue weighted by Gasteiger charge is -2.25. The van der Waals surface area contributed by atoms with E-state index in [4.69, 9.17) is 0 Å². The molecule has 12 heteroatoms. The van der Waals surface area contributed by atoms with Crippen LogP contribution in [0, 0.1) is 0 Å². The summed E-state index contributed by atoms with van der Waals surface area (Å²) in [6.07, 6.45) is 2.29. The van der Waals surface area contributed by atoms with Crippen molar-refractivity contribution in [2.45, 2.75) is 30.5 Å². The van der Waals surface area contributed by atoms with Gasteiger partial charge in [-0.05, 0) is 35.4 Å². The fourth-order valence-corrected chi connectivity index (χ4v) is 5.69. The van der Waals surface area contributed by atoms with Crippen molar-refractivity contribution in [3.63, 3.8) is 0 Å². The van der Waals surface area contributed by atoms with Crippen LogP contribution in [-0.4, -0.2) is 74.6 Å². The molecule has 10 nitrogen and oxygen atoms in total. The van der Waals surface area contributed by atoms with Crippen molar-refractivity contribution in [2.24, 2.45) is 0 Å². The summed E-state index contributed by atoms with van der Waals surface area (Å²) in [6, 6.07) is 11.7. The summed E-state index contributed by atoms with van der Waals surface area (Å²) in [7, 11) is 0. The summed E-state index contributed by atoms with van der Waals surface area (Å²) in [5.41, 5.74) is 1.69. The molecule has 2 aliphatic rings. The smallest absolute Gasteiger partial charge is 0.299 e. The Labute approximate surface area is 238 Å². The van der Waals surface area contributed by atoms with E-state index in [1.165, 1.54) is 35.2 Å². The number of carbonyl (C=O) groups excluding carboxylic acids is 3. The van der Waals surface area contributed by atoms with Crippen LogP contribution in [0.25, 0.3) is 22.0 Å². The van der Waals surface area contributed by atoms with E-state index in [2.05, 4.69) is 20.6 Å². The van der Waals surface area contributed by atoms with E-state index < -0.39 is 55.0 Å². The number of fused-ring (bicyclic) bond motifs is 4. The standard InChI is InChI=1S/C30H27F2N5O5/c31-30(32)21-4-2-1-3-19(21)20-9-16(5-6-22(20)30)28(41)34-13-27(40)37-14-18(39)11-26(37)29(42)36-25(15-38)24-10-17-12-33-8-7-23(17)35-24/h1-10,12,18,25-26,35,38-39H,11,13-15H2,(H,34,41)(H,36,42)/t18-,25+,26+/m1/s1. The number of rotatable bonds is 7. The molecule has 0 spiro atoms. The van der Waals surface area contributed by atoms with Gasteiger partial charge in [-0.15, -0.1) is 0 Å². The molecule has 1 saturated heterocycles. The molecule has 42 heavy (non-hydrogen) atoms. The fraction of sp³-hybridized carbons (Fsp3) is 0.267. The van der Waals surface area contributed by atoms with Crippen molar-refractivity contribution in [3.8, 4) is 11.1 Å². The number of aliphatic hydroxyl groups excluding tert-OH is 2. The first-order chi connectivity index (χ1) is 20.2. The molecule has 3 heterocycles. The Morgan fingerprint density at radius 3 is 2.67 bits per heavy atom. The summed E-state index contributed by atoms with van der Waals surface area (Å²) in [5, 5.41) is 26.2. The van der Waals surface area contributed by atoms with E-state index in [0.29, 0.717) is 11.3 Å². The average Bonchev–Trinajstić information content (AvgIpc) is 3.67. The molecule has 0 radical (unpaired) electrons. The van der Waals surface area contributed by atoms with Crippen LogP contribution in [0.3, 0.4) is 0 Å². The van der Waals surface area contributed by atoms with Crippen LogP contribution < -0.4 is 10.6 Å². The number of amides is 3. The van der Waals surface area contributed by atoms with Crippen molar-refractivity contribution >= 4 is 28.6 Å². The van der Waals surface area contributed by atoms with E-state index >= 15 is 0 Å². The highest BCUT2D eigenvalue weighted by molar-refractivity contribution is 5.99. The van der Waals surface area contributed by atoms with Crippen molar-refractivity contribution in [1.82, 2.24) is 25.5 Å². The normalized spacial score (nSPS) is 19.3. The maximum Gasteiger partial charge on any atom is 0.299 e. The van der Waals surface area contributed by atoms with Gasteiger partial charge in [0.2, 0.25) is 11.8 Å². The first kappa shape index (κ1) is 27.5. The second-order valence-electron chi connectivity index (χ2n) is 10.4. The first-order valence-corrected chi connectivity index (χ1v) is 13.4. The summed E-state index contributed by atoms with van der Waals surface area (Å²) in [6.45, 7) is -1.00. The van der Waals surface area contributed by atoms with Gasteiger partial charge < -0.3 is 30.7 Å². The van der Waals surface area contributed by atoms with Crippen molar-refractivity contribution < 1.29 is 33.4 Å². The summed E-state index contributed by atoms with van der Waals surface area (Å²) < 4.78 is 29.7. The number of H-pyrrole nitrogens is 1. The maximum atomic E-state index is 14.8. The number of halogens is 2. The molecule has 2 aromatic heterocycles. The molecule has 0 bridgehead atoms. The number of hydrogen-bond donors (Lipinski definition) is 5. The van der Waals surface area contributed by atoms with Gasteiger partial charge >= 0.3 is 0 Å². The number of alkyl halides is 2. The number of likely N-dealkylation sites (tertiary alicyclic amines) is 1. The third-order valence-electron chi connectivity index (χ3n) is 7.79. The highest BCUT2D eigenvalue weighted by atomic mass is 19.3. The molecule has 1 aliphatic heterocycles. The van der Waals surface area contributed by atoms with Crippen LogP contribution in [0.5, 0.6) is 0 Å². The molecule has 1 fully saturated rings. The highest BCUT2D eigenvalue weighted by Gasteiger charge is 2.44. The molecule has 2 aromatic carbocycles. The van der Waals surface area contributed by atoms with Crippen LogP contribution in [0.2, 0.25) is 0 Å². The van der Waals surface area contributed by atoms with Crippen LogP contribution in [0.4, 0.5) is 8.78 Å². The Hall–Kier alpha value is -4.68. The second kappa shape index (κ2) is 10.6. The zero-order valence-electron chi connectivity index (χ0n) is 22.2. The van der Waals surface area contributed by atoms with Gasteiger partial charge in [-0.25, -0.2) is 0 Å². The van der Waals surface area contributed by atoms with Gasteiger partial charge in [0.1, 0.15) is 6.04 Å². The van der Waals surface area contributed by atoms with E-state index in [1.807, 2.05) is 0 Å². The minimum absolute atomic E-state index is 0.0151. The van der Waals surface area contributed by atoms with E-state index in [1.54, 1.807) is 36.7 Å². The third-order valence-corrected chi connectivity index (χ3v) is 7.79. The molecule has 4 aromatic rings. The first-order valence-electron chi connectivity index (χ1n) is 13.4. The zero-order valence-corrected chi connectivity index (χ0v) is 22.2. The van der Waals surface area contributed by atoms with Gasteiger partial charge in [0.25, 0.3) is 11.8 Å². The minimum Gasteiger partial charge on any atom is -0.394 e. The van der Waals surface area contributed by atoms with E-state index in [9.17, 15) is 33.4 Å². The lowest BCUT2D eigenvalue weighted by Crippen LogP contribution is -2.50. The van der Waals surface area contributed by atoms with Gasteiger partial charge in [-0.2, -0.15) is 8.78 Å². The average molecular weight is 576 g/mol. The Morgan fingerprint density at radius 2 is 1.88 bits per heavy atom. The minimum atomic E-state index is -3.18. The Kier molecular flexibility index (Phi) is 6.95. The molecule has 0 saturated carbocycles. The van der Waals surface area contributed by atoms with Crippen LogP contribution >= 0.6 is 0 Å². The molecule has 3 atom stereocenters. The third kappa shape index (κ3) is 4.78. The van der Waals surface area contributed by atoms with Gasteiger partial charge in [0.15, 0.2) is 0 Å². The summed E-state index contributed by atoms with van der Waals surface area (Å²) in [5.74, 6) is -4.99. The molecule has 216 valence electrons. The lowest BCUT2D eigenvalue weighted by molar-refractivity contribution is -0.138. The lowest BCUT2D eigenvalue weighted by atomic mass is 10.0. The largest absolute Gasteiger partial charge is 0.394 e. The number of aromatic nitrogens is 2. The number of aliphatic hydroxyl groups is 2. The molecule has 6 rings (SSSR count). The maximum absolute atomic E-state index is 14.8.